The highest BCUT2D eigenvalue weighted by Crippen LogP contribution is 2.20. The van der Waals surface area contributed by atoms with Gasteiger partial charge in [-0.25, -0.2) is 22.0 Å². The molecule has 0 aromatic heterocycles. The van der Waals surface area contributed by atoms with Gasteiger partial charge in [0.1, 0.15) is 0 Å². The molecule has 2 aromatic carbocycles. The van der Waals surface area contributed by atoms with Crippen LogP contribution in [0.15, 0.2) is 47.4 Å². The SMILES string of the molecule is CCOC(=O)Nc1ccc(NS(=O)(=O)c2ccc(F)c(F)c2)cc1. The van der Waals surface area contributed by atoms with Crippen molar-refractivity contribution in [1.82, 2.24) is 0 Å². The number of hydrogen-bond acceptors (Lipinski definition) is 4. The third kappa shape index (κ3) is 4.42. The summed E-state index contributed by atoms with van der Waals surface area (Å²) >= 11 is 0. The van der Waals surface area contributed by atoms with Gasteiger partial charge in [-0.1, -0.05) is 0 Å². The third-order valence-electron chi connectivity index (χ3n) is 2.86. The van der Waals surface area contributed by atoms with Gasteiger partial charge >= 0.3 is 6.09 Å². The lowest BCUT2D eigenvalue weighted by Crippen LogP contribution is -2.14. The van der Waals surface area contributed by atoms with Gasteiger partial charge < -0.3 is 4.74 Å². The first-order chi connectivity index (χ1) is 11.3. The Balaban J connectivity index is 2.12. The molecule has 24 heavy (non-hydrogen) atoms. The summed E-state index contributed by atoms with van der Waals surface area (Å²) in [6.07, 6.45) is -0.632. The molecule has 0 saturated carbocycles. The first kappa shape index (κ1) is 17.7. The molecule has 0 fully saturated rings. The highest BCUT2D eigenvalue weighted by Gasteiger charge is 2.16. The smallest absolute Gasteiger partial charge is 0.411 e. The summed E-state index contributed by atoms with van der Waals surface area (Å²) in [6.45, 7) is 1.88. The molecule has 128 valence electrons. The summed E-state index contributed by atoms with van der Waals surface area (Å²) in [5.74, 6) is -2.39. The number of hydrogen-bond donors (Lipinski definition) is 2. The molecule has 0 saturated heterocycles. The minimum atomic E-state index is -4.07. The molecule has 0 bridgehead atoms. The molecule has 2 aromatic rings. The Bertz CT molecular complexity index is 839. The molecule has 6 nitrogen and oxygen atoms in total. The van der Waals surface area contributed by atoms with E-state index in [1.807, 2.05) is 0 Å². The van der Waals surface area contributed by atoms with Gasteiger partial charge in [-0.15, -0.1) is 0 Å². The van der Waals surface area contributed by atoms with E-state index < -0.39 is 32.6 Å². The maximum Gasteiger partial charge on any atom is 0.411 e. The van der Waals surface area contributed by atoms with Crippen LogP contribution >= 0.6 is 0 Å². The van der Waals surface area contributed by atoms with Gasteiger partial charge in [-0.2, -0.15) is 0 Å². The standard InChI is InChI=1S/C15H14F2N2O4S/c1-2-23-15(20)18-10-3-5-11(6-4-10)19-24(21,22)12-7-8-13(16)14(17)9-12/h3-9,19H,2H2,1H3,(H,18,20). The number of carbonyl (C=O) groups is 1. The number of anilines is 2. The minimum Gasteiger partial charge on any atom is -0.450 e. The van der Waals surface area contributed by atoms with Gasteiger partial charge in [-0.3, -0.25) is 10.0 Å². The second-order valence-electron chi connectivity index (χ2n) is 4.60. The Morgan fingerprint density at radius 2 is 1.67 bits per heavy atom. The van der Waals surface area contributed by atoms with E-state index in [2.05, 4.69) is 10.0 Å². The largest absolute Gasteiger partial charge is 0.450 e. The van der Waals surface area contributed by atoms with Crippen LogP contribution in [0.3, 0.4) is 0 Å². The Labute approximate surface area is 137 Å². The molecule has 0 unspecified atom stereocenters. The van der Waals surface area contributed by atoms with Gasteiger partial charge in [-0.05, 0) is 49.4 Å². The predicted molar refractivity (Wildman–Crippen MR) is 84.3 cm³/mol. The lowest BCUT2D eigenvalue weighted by molar-refractivity contribution is 0.168. The lowest BCUT2D eigenvalue weighted by Gasteiger charge is -2.10. The average Bonchev–Trinajstić information content (AvgIpc) is 2.52. The van der Waals surface area contributed by atoms with Crippen molar-refractivity contribution in [2.24, 2.45) is 0 Å². The summed E-state index contributed by atoms with van der Waals surface area (Å²) in [6, 6.07) is 8.00. The number of ether oxygens (including phenoxy) is 1. The molecule has 0 atom stereocenters. The van der Waals surface area contributed by atoms with E-state index in [9.17, 15) is 22.0 Å². The monoisotopic (exact) mass is 356 g/mol. The highest BCUT2D eigenvalue weighted by molar-refractivity contribution is 7.92. The van der Waals surface area contributed by atoms with E-state index in [4.69, 9.17) is 4.74 Å². The van der Waals surface area contributed by atoms with Crippen LogP contribution < -0.4 is 10.0 Å². The van der Waals surface area contributed by atoms with E-state index in [1.54, 1.807) is 6.92 Å². The molecule has 9 heteroatoms. The molecule has 0 aliphatic carbocycles. The van der Waals surface area contributed by atoms with Crippen LogP contribution in [0.4, 0.5) is 25.0 Å². The summed E-state index contributed by atoms with van der Waals surface area (Å²) < 4.78 is 57.2. The molecule has 0 aliphatic heterocycles. The van der Waals surface area contributed by atoms with E-state index >= 15 is 0 Å². The van der Waals surface area contributed by atoms with Crippen LogP contribution in [0.1, 0.15) is 6.92 Å². The first-order valence-electron chi connectivity index (χ1n) is 6.83. The number of carbonyl (C=O) groups excluding carboxylic acids is 1. The molecular weight excluding hydrogens is 342 g/mol. The maximum absolute atomic E-state index is 13.2. The van der Waals surface area contributed by atoms with Crippen molar-refractivity contribution in [3.63, 3.8) is 0 Å². The van der Waals surface area contributed by atoms with Crippen molar-refractivity contribution in [2.45, 2.75) is 11.8 Å². The summed E-state index contributed by atoms with van der Waals surface area (Å²) in [7, 11) is -4.07. The topological polar surface area (TPSA) is 84.5 Å². The maximum atomic E-state index is 13.2. The van der Waals surface area contributed by atoms with Crippen LogP contribution in [0.2, 0.25) is 0 Å². The molecule has 0 aliphatic rings. The Morgan fingerprint density at radius 1 is 1.04 bits per heavy atom. The summed E-state index contributed by atoms with van der Waals surface area (Å²) in [5.41, 5.74) is 0.596. The predicted octanol–water partition coefficient (Wildman–Crippen LogP) is 3.33. The molecule has 1 amide bonds. The minimum absolute atomic E-state index is 0.189. The number of nitrogens with one attached hydrogen (secondary N) is 2. The van der Waals surface area contributed by atoms with Crippen molar-refractivity contribution in [2.75, 3.05) is 16.6 Å². The first-order valence-corrected chi connectivity index (χ1v) is 8.32. The number of halogens is 2. The van der Waals surface area contributed by atoms with Gasteiger partial charge in [0.25, 0.3) is 10.0 Å². The van der Waals surface area contributed by atoms with Gasteiger partial charge in [0.15, 0.2) is 11.6 Å². The second kappa shape index (κ2) is 7.26. The molecular formula is C15H14F2N2O4S. The van der Waals surface area contributed by atoms with Crippen LogP contribution in [0.25, 0.3) is 0 Å². The van der Waals surface area contributed by atoms with Crippen molar-refractivity contribution in [3.05, 3.63) is 54.1 Å². The normalized spacial score (nSPS) is 11.0. The zero-order chi connectivity index (χ0) is 17.7. The van der Waals surface area contributed by atoms with Crippen LogP contribution in [0, 0.1) is 11.6 Å². The van der Waals surface area contributed by atoms with E-state index in [0.717, 1.165) is 12.1 Å². The molecule has 0 heterocycles. The Hall–Kier alpha value is -2.68. The van der Waals surface area contributed by atoms with Crippen molar-refractivity contribution in [3.8, 4) is 0 Å². The van der Waals surface area contributed by atoms with Crippen molar-refractivity contribution < 1.29 is 26.7 Å². The van der Waals surface area contributed by atoms with Gasteiger partial charge in [0, 0.05) is 11.4 Å². The van der Waals surface area contributed by atoms with Crippen LogP contribution in [0.5, 0.6) is 0 Å². The zero-order valence-electron chi connectivity index (χ0n) is 12.5. The zero-order valence-corrected chi connectivity index (χ0v) is 13.4. The fourth-order valence-corrected chi connectivity index (χ4v) is 2.83. The van der Waals surface area contributed by atoms with Crippen molar-refractivity contribution in [1.29, 1.82) is 0 Å². The Morgan fingerprint density at radius 3 is 2.25 bits per heavy atom. The van der Waals surface area contributed by atoms with E-state index in [0.29, 0.717) is 11.8 Å². The third-order valence-corrected chi connectivity index (χ3v) is 4.24. The van der Waals surface area contributed by atoms with Gasteiger partial charge in [0.05, 0.1) is 11.5 Å². The molecule has 0 radical (unpaired) electrons. The van der Waals surface area contributed by atoms with E-state index in [1.165, 1.54) is 24.3 Å². The molecule has 0 spiro atoms. The quantitative estimate of drug-likeness (QED) is 0.861. The Kier molecular flexibility index (Phi) is 5.35. The fourth-order valence-electron chi connectivity index (χ4n) is 1.76. The number of sulfonamides is 1. The summed E-state index contributed by atoms with van der Waals surface area (Å²) in [5, 5.41) is 2.45. The fraction of sp³-hybridized carbons (Fsp3) is 0.133. The number of amides is 1. The van der Waals surface area contributed by atoms with E-state index in [-0.39, 0.29) is 12.3 Å². The average molecular weight is 356 g/mol. The van der Waals surface area contributed by atoms with Crippen molar-refractivity contribution >= 4 is 27.5 Å². The van der Waals surface area contributed by atoms with Gasteiger partial charge in [0.2, 0.25) is 0 Å². The second-order valence-corrected chi connectivity index (χ2v) is 6.29. The number of benzene rings is 2. The van der Waals surface area contributed by atoms with Crippen LogP contribution in [-0.2, 0) is 14.8 Å². The number of rotatable bonds is 5. The summed E-state index contributed by atoms with van der Waals surface area (Å²) in [4.78, 5) is 10.9. The van der Waals surface area contributed by atoms with Crippen LogP contribution in [-0.4, -0.2) is 21.1 Å². The molecule has 2 N–H and O–H groups in total. The lowest BCUT2D eigenvalue weighted by atomic mass is 10.3. The molecule has 2 rings (SSSR count). The highest BCUT2D eigenvalue weighted by atomic mass is 32.2.